The number of hydrogen-bond acceptors (Lipinski definition) is 6. The second-order valence-electron chi connectivity index (χ2n) is 13.7. The van der Waals surface area contributed by atoms with Gasteiger partial charge >= 0.3 is 0 Å². The van der Waals surface area contributed by atoms with Crippen LogP contribution in [-0.2, 0) is 4.74 Å². The summed E-state index contributed by atoms with van der Waals surface area (Å²) in [6.07, 6.45) is 10.7. The molecule has 2 heterocycles. The van der Waals surface area contributed by atoms with Crippen molar-refractivity contribution in [3.05, 3.63) is 30.4 Å². The van der Waals surface area contributed by atoms with Gasteiger partial charge in [-0.15, -0.1) is 10.2 Å². The van der Waals surface area contributed by atoms with Crippen molar-refractivity contribution in [2.24, 2.45) is 44.8 Å². The number of nitrogens with zero attached hydrogens (tertiary/aromatic N) is 2. The van der Waals surface area contributed by atoms with Crippen LogP contribution in [0.4, 0.5) is 0 Å². The molecule has 6 heteroatoms. The van der Waals surface area contributed by atoms with E-state index in [2.05, 4.69) is 44.8 Å². The summed E-state index contributed by atoms with van der Waals surface area (Å²) in [5.74, 6) is 3.20. The molecule has 0 bridgehead atoms. The average Bonchev–Trinajstić information content (AvgIpc) is 3.07. The second kappa shape index (κ2) is 6.47. The van der Waals surface area contributed by atoms with Crippen LogP contribution in [0, 0.1) is 63.0 Å². The fraction of sp³-hybridized carbons (Fsp3) is 0.821. The highest BCUT2D eigenvalue weighted by atomic mass is 16.5. The highest BCUT2D eigenvalue weighted by Gasteiger charge is 2.85. The van der Waals surface area contributed by atoms with Crippen molar-refractivity contribution in [1.29, 1.82) is 0 Å². The van der Waals surface area contributed by atoms with Gasteiger partial charge in [-0.05, 0) is 90.8 Å². The van der Waals surface area contributed by atoms with Gasteiger partial charge in [-0.3, -0.25) is 0 Å². The van der Waals surface area contributed by atoms with Crippen molar-refractivity contribution in [3.63, 3.8) is 0 Å². The molecule has 1 aliphatic heterocycles. The van der Waals surface area contributed by atoms with Crippen molar-refractivity contribution in [3.8, 4) is 0 Å². The number of aromatic nitrogens is 2. The first-order valence-corrected chi connectivity index (χ1v) is 13.4. The maximum absolute atomic E-state index is 12.1. The second-order valence-corrected chi connectivity index (χ2v) is 13.7. The van der Waals surface area contributed by atoms with E-state index >= 15 is 0 Å². The topological polar surface area (TPSA) is 88.6 Å². The normalized spacial score (nSPS) is 54.5. The van der Waals surface area contributed by atoms with E-state index in [9.17, 15) is 10.2 Å². The highest BCUT2D eigenvalue weighted by Crippen LogP contribution is 2.90. The van der Waals surface area contributed by atoms with Gasteiger partial charge in [0.15, 0.2) is 6.10 Å². The number of rotatable bonds is 1. The third-order valence-electron chi connectivity index (χ3n) is 12.6. The van der Waals surface area contributed by atoms with E-state index in [0.29, 0.717) is 29.2 Å². The molecule has 1 aromatic rings. The molecule has 2 N–H and O–H groups in total. The number of aliphatic hydroxyl groups is 2. The van der Waals surface area contributed by atoms with E-state index in [4.69, 9.17) is 9.15 Å². The van der Waals surface area contributed by atoms with E-state index < -0.39 is 6.10 Å². The van der Waals surface area contributed by atoms with Crippen molar-refractivity contribution in [1.82, 2.24) is 10.2 Å². The minimum Gasteiger partial charge on any atom is -0.425 e. The zero-order valence-corrected chi connectivity index (χ0v) is 21.2. The van der Waals surface area contributed by atoms with Crippen molar-refractivity contribution < 1.29 is 19.4 Å². The van der Waals surface area contributed by atoms with Gasteiger partial charge in [-0.25, -0.2) is 0 Å². The average molecular weight is 468 g/mol. The molecule has 1 unspecified atom stereocenters. The Labute approximate surface area is 203 Å². The Balaban J connectivity index is 1.27. The van der Waals surface area contributed by atoms with Gasteiger partial charge in [0.1, 0.15) is 6.10 Å². The zero-order chi connectivity index (χ0) is 23.9. The third-order valence-corrected chi connectivity index (χ3v) is 12.6. The number of fused-ring (bicyclic) bond motifs is 4. The van der Waals surface area contributed by atoms with Gasteiger partial charge in [0.05, 0.1) is 12.2 Å². The lowest BCUT2D eigenvalue weighted by Gasteiger charge is -2.63. The predicted octanol–water partition coefficient (Wildman–Crippen LogP) is 4.88. The molecule has 6 fully saturated rings. The van der Waals surface area contributed by atoms with E-state index in [1.165, 1.54) is 19.2 Å². The van der Waals surface area contributed by atoms with E-state index in [1.54, 1.807) is 5.92 Å². The molecule has 185 valence electrons. The molecule has 6 nitrogen and oxygen atoms in total. The molecule has 2 spiro atoms. The highest BCUT2D eigenvalue weighted by molar-refractivity contribution is 5.45. The molecule has 0 aromatic carbocycles. The monoisotopic (exact) mass is 467 g/mol. The summed E-state index contributed by atoms with van der Waals surface area (Å²) in [6.45, 7) is 11.7. The summed E-state index contributed by atoms with van der Waals surface area (Å²) < 4.78 is 11.9. The van der Waals surface area contributed by atoms with Gasteiger partial charge in [0, 0.05) is 11.3 Å². The molecule has 9 atom stereocenters. The quantitative estimate of drug-likeness (QED) is 0.612. The Morgan fingerprint density at radius 3 is 2.59 bits per heavy atom. The molecule has 1 aromatic heterocycles. The van der Waals surface area contributed by atoms with Crippen LogP contribution in [0.15, 0.2) is 10.8 Å². The molecule has 0 amide bonds. The smallest absolute Gasteiger partial charge is 0.251 e. The molecular formula is C28H39N2O4. The zero-order valence-electron chi connectivity index (χ0n) is 21.2. The van der Waals surface area contributed by atoms with Crippen LogP contribution in [0.1, 0.15) is 91.9 Å². The molecule has 6 aliphatic rings. The van der Waals surface area contributed by atoms with Gasteiger partial charge in [0.25, 0.3) is 5.89 Å². The SMILES string of the molecule is C[C@@H]1C[C](c2nnco2)O[C]2[C@H]1[C@@]1(C)CC[C@@]34C[C@@]35CCC(O)C(C)(C)[C@@H]5CC[C]4[C@]1(C)[C@H]2O. The minimum atomic E-state index is -0.619. The Morgan fingerprint density at radius 2 is 1.85 bits per heavy atom. The summed E-state index contributed by atoms with van der Waals surface area (Å²) in [7, 11) is 0. The van der Waals surface area contributed by atoms with E-state index in [-0.39, 0.29) is 33.7 Å². The van der Waals surface area contributed by atoms with Crippen molar-refractivity contribution in [2.75, 3.05) is 0 Å². The lowest BCUT2D eigenvalue weighted by Crippen LogP contribution is -2.58. The lowest BCUT2D eigenvalue weighted by molar-refractivity contribution is -0.125. The van der Waals surface area contributed by atoms with Crippen LogP contribution < -0.4 is 0 Å². The molecule has 5 aliphatic carbocycles. The maximum atomic E-state index is 12.1. The molecular weight excluding hydrogens is 428 g/mol. The Hall–Kier alpha value is -0.980. The Kier molecular flexibility index (Phi) is 4.23. The van der Waals surface area contributed by atoms with Crippen LogP contribution in [0.25, 0.3) is 0 Å². The standard InChI is InChI=1S/C28H39N2O4/c1-15-12-16(23-30-29-14-33-23)34-21-20(15)25(4)10-11-28-13-27(28)9-8-19(31)24(2,3)17(27)6-7-18(28)26(25,5)22(21)32/h14-15,17,19-20,22,31-32H,6-13H2,1-5H3/t15-,17+,19?,20+,22+,25-,26-,27-,28+/m1/s1. The molecule has 3 radical (unpaired) electrons. The fourth-order valence-corrected chi connectivity index (χ4v) is 10.8. The van der Waals surface area contributed by atoms with Crippen LogP contribution in [0.5, 0.6) is 0 Å². The Bertz CT molecular complexity index is 997. The molecule has 7 rings (SSSR count). The van der Waals surface area contributed by atoms with E-state index in [0.717, 1.165) is 44.6 Å². The minimum absolute atomic E-state index is 0.0254. The number of aliphatic hydroxyl groups excluding tert-OH is 2. The van der Waals surface area contributed by atoms with Crippen LogP contribution in [0.3, 0.4) is 0 Å². The lowest BCUT2D eigenvalue weighted by atomic mass is 9.41. The first-order chi connectivity index (χ1) is 16.0. The van der Waals surface area contributed by atoms with Gasteiger partial charge in [-0.1, -0.05) is 34.6 Å². The van der Waals surface area contributed by atoms with Crippen LogP contribution in [-0.4, -0.2) is 32.6 Å². The summed E-state index contributed by atoms with van der Waals surface area (Å²) in [6, 6.07) is 0. The largest absolute Gasteiger partial charge is 0.425 e. The Morgan fingerprint density at radius 1 is 1.06 bits per heavy atom. The fourth-order valence-electron chi connectivity index (χ4n) is 10.8. The summed E-state index contributed by atoms with van der Waals surface area (Å²) in [5, 5.41) is 30.9. The van der Waals surface area contributed by atoms with Gasteiger partial charge < -0.3 is 19.4 Å². The first kappa shape index (κ1) is 22.2. The van der Waals surface area contributed by atoms with Crippen molar-refractivity contribution in [2.45, 2.75) is 98.2 Å². The third kappa shape index (κ3) is 2.23. The van der Waals surface area contributed by atoms with Crippen LogP contribution in [0.2, 0.25) is 0 Å². The van der Waals surface area contributed by atoms with Crippen LogP contribution >= 0.6 is 0 Å². The molecule has 1 saturated heterocycles. The number of hydrogen-bond donors (Lipinski definition) is 2. The van der Waals surface area contributed by atoms with Gasteiger partial charge in [-0.2, -0.15) is 0 Å². The first-order valence-electron chi connectivity index (χ1n) is 13.4. The number of ether oxygens (including phenoxy) is 1. The summed E-state index contributed by atoms with van der Waals surface area (Å²) >= 11 is 0. The molecule has 34 heavy (non-hydrogen) atoms. The maximum Gasteiger partial charge on any atom is 0.251 e. The predicted molar refractivity (Wildman–Crippen MR) is 124 cm³/mol. The van der Waals surface area contributed by atoms with Gasteiger partial charge in [0.2, 0.25) is 6.39 Å². The van der Waals surface area contributed by atoms with Crippen molar-refractivity contribution >= 4 is 0 Å². The molecule has 5 saturated carbocycles. The summed E-state index contributed by atoms with van der Waals surface area (Å²) in [4.78, 5) is 0. The summed E-state index contributed by atoms with van der Waals surface area (Å²) in [5.41, 5.74) is 0.205. The van der Waals surface area contributed by atoms with E-state index in [1.807, 2.05) is 0 Å².